The standard InChI is InChI=1S/C16H20N2O/c17-11-15(18)9-14-7-4-8-16(10-14)19-12-13-5-2-1-3-6-13/h1-8,10,15H,9,11-12,17-18H2. The Bertz CT molecular complexity index is 499. The molecule has 4 N–H and O–H groups in total. The molecule has 0 bridgehead atoms. The Morgan fingerprint density at radius 3 is 2.42 bits per heavy atom. The maximum absolute atomic E-state index is 5.85. The molecule has 3 nitrogen and oxygen atoms in total. The largest absolute Gasteiger partial charge is 0.489 e. The number of hydrogen-bond acceptors (Lipinski definition) is 3. The molecule has 0 spiro atoms. The first-order chi connectivity index (χ1) is 9.28. The quantitative estimate of drug-likeness (QED) is 0.832. The fraction of sp³-hybridized carbons (Fsp3) is 0.250. The molecule has 1 unspecified atom stereocenters. The molecule has 2 rings (SSSR count). The summed E-state index contributed by atoms with van der Waals surface area (Å²) in [5.74, 6) is 0.866. The van der Waals surface area contributed by atoms with E-state index in [1.807, 2.05) is 54.6 Å². The topological polar surface area (TPSA) is 61.3 Å². The predicted molar refractivity (Wildman–Crippen MR) is 77.9 cm³/mol. The first-order valence-electron chi connectivity index (χ1n) is 6.49. The third-order valence-electron chi connectivity index (χ3n) is 2.95. The van der Waals surface area contributed by atoms with Gasteiger partial charge in [-0.2, -0.15) is 0 Å². The first kappa shape index (κ1) is 13.6. The van der Waals surface area contributed by atoms with Crippen molar-refractivity contribution in [3.63, 3.8) is 0 Å². The molecule has 3 heteroatoms. The highest BCUT2D eigenvalue weighted by Crippen LogP contribution is 2.16. The molecular formula is C16H20N2O. The monoisotopic (exact) mass is 256 g/mol. The van der Waals surface area contributed by atoms with E-state index in [9.17, 15) is 0 Å². The zero-order valence-corrected chi connectivity index (χ0v) is 11.0. The van der Waals surface area contributed by atoms with Gasteiger partial charge in [-0.1, -0.05) is 42.5 Å². The average Bonchev–Trinajstić information content (AvgIpc) is 2.46. The maximum Gasteiger partial charge on any atom is 0.120 e. The molecule has 2 aromatic rings. The third kappa shape index (κ3) is 4.39. The maximum atomic E-state index is 5.85. The number of nitrogens with two attached hydrogens (primary N) is 2. The molecule has 1 atom stereocenters. The van der Waals surface area contributed by atoms with Gasteiger partial charge in [-0.25, -0.2) is 0 Å². The Hall–Kier alpha value is -1.84. The van der Waals surface area contributed by atoms with E-state index in [1.165, 1.54) is 0 Å². The zero-order valence-electron chi connectivity index (χ0n) is 11.0. The van der Waals surface area contributed by atoms with E-state index < -0.39 is 0 Å². The molecule has 0 aromatic heterocycles. The molecule has 0 heterocycles. The van der Waals surface area contributed by atoms with Gasteiger partial charge in [0.05, 0.1) is 0 Å². The van der Waals surface area contributed by atoms with Crippen LogP contribution in [-0.4, -0.2) is 12.6 Å². The molecule has 19 heavy (non-hydrogen) atoms. The van der Waals surface area contributed by atoms with Crippen LogP contribution >= 0.6 is 0 Å². The summed E-state index contributed by atoms with van der Waals surface area (Å²) in [4.78, 5) is 0. The van der Waals surface area contributed by atoms with Gasteiger partial charge in [0, 0.05) is 12.6 Å². The van der Waals surface area contributed by atoms with Crippen LogP contribution in [0.15, 0.2) is 54.6 Å². The van der Waals surface area contributed by atoms with Crippen LogP contribution in [0.2, 0.25) is 0 Å². The summed E-state index contributed by atoms with van der Waals surface area (Å²) < 4.78 is 5.78. The van der Waals surface area contributed by atoms with E-state index in [0.29, 0.717) is 13.2 Å². The van der Waals surface area contributed by atoms with Crippen molar-refractivity contribution in [2.24, 2.45) is 11.5 Å². The lowest BCUT2D eigenvalue weighted by molar-refractivity contribution is 0.306. The van der Waals surface area contributed by atoms with E-state index in [0.717, 1.165) is 23.3 Å². The van der Waals surface area contributed by atoms with Crippen molar-refractivity contribution < 1.29 is 4.74 Å². The van der Waals surface area contributed by atoms with Gasteiger partial charge in [-0.15, -0.1) is 0 Å². The number of ether oxygens (including phenoxy) is 1. The second-order valence-corrected chi connectivity index (χ2v) is 4.62. The first-order valence-corrected chi connectivity index (χ1v) is 6.49. The Morgan fingerprint density at radius 1 is 0.947 bits per heavy atom. The molecule has 0 radical (unpaired) electrons. The van der Waals surface area contributed by atoms with Crippen LogP contribution in [-0.2, 0) is 13.0 Å². The zero-order chi connectivity index (χ0) is 13.5. The van der Waals surface area contributed by atoms with Crippen LogP contribution < -0.4 is 16.2 Å². The molecule has 0 aliphatic heterocycles. The molecule has 2 aromatic carbocycles. The number of benzene rings is 2. The van der Waals surface area contributed by atoms with Crippen LogP contribution in [0.3, 0.4) is 0 Å². The minimum atomic E-state index is 0.00405. The van der Waals surface area contributed by atoms with Gasteiger partial charge in [0.2, 0.25) is 0 Å². The van der Waals surface area contributed by atoms with E-state index in [-0.39, 0.29) is 6.04 Å². The Balaban J connectivity index is 1.95. The summed E-state index contributed by atoms with van der Waals surface area (Å²) in [5, 5.41) is 0. The van der Waals surface area contributed by atoms with E-state index in [1.54, 1.807) is 0 Å². The Labute approximate surface area is 114 Å². The molecule has 0 aliphatic rings. The summed E-state index contributed by atoms with van der Waals surface area (Å²) in [7, 11) is 0. The second kappa shape index (κ2) is 6.92. The van der Waals surface area contributed by atoms with Crippen molar-refractivity contribution >= 4 is 0 Å². The molecule has 0 saturated heterocycles. The highest BCUT2D eigenvalue weighted by atomic mass is 16.5. The number of hydrogen-bond donors (Lipinski definition) is 2. The van der Waals surface area contributed by atoms with Gasteiger partial charge in [-0.05, 0) is 29.7 Å². The fourth-order valence-corrected chi connectivity index (χ4v) is 1.89. The van der Waals surface area contributed by atoms with Crippen molar-refractivity contribution in [1.29, 1.82) is 0 Å². The average molecular weight is 256 g/mol. The van der Waals surface area contributed by atoms with Crippen LogP contribution in [0.4, 0.5) is 0 Å². The van der Waals surface area contributed by atoms with Crippen molar-refractivity contribution in [2.45, 2.75) is 19.1 Å². The van der Waals surface area contributed by atoms with Crippen molar-refractivity contribution in [2.75, 3.05) is 6.54 Å². The predicted octanol–water partition coefficient (Wildman–Crippen LogP) is 2.09. The van der Waals surface area contributed by atoms with Crippen molar-refractivity contribution in [3.05, 3.63) is 65.7 Å². The van der Waals surface area contributed by atoms with Crippen molar-refractivity contribution in [1.82, 2.24) is 0 Å². The molecular weight excluding hydrogens is 236 g/mol. The highest BCUT2D eigenvalue weighted by molar-refractivity contribution is 5.29. The third-order valence-corrected chi connectivity index (χ3v) is 2.95. The van der Waals surface area contributed by atoms with Gasteiger partial charge in [0.1, 0.15) is 12.4 Å². The van der Waals surface area contributed by atoms with Gasteiger partial charge in [0.15, 0.2) is 0 Å². The number of rotatable bonds is 6. The minimum Gasteiger partial charge on any atom is -0.489 e. The minimum absolute atomic E-state index is 0.00405. The van der Waals surface area contributed by atoms with E-state index in [2.05, 4.69) is 0 Å². The molecule has 0 amide bonds. The Morgan fingerprint density at radius 2 is 1.68 bits per heavy atom. The van der Waals surface area contributed by atoms with Gasteiger partial charge >= 0.3 is 0 Å². The lowest BCUT2D eigenvalue weighted by Crippen LogP contribution is -2.31. The van der Waals surface area contributed by atoms with Crippen LogP contribution in [0.1, 0.15) is 11.1 Å². The Kier molecular flexibility index (Phi) is 4.95. The molecule has 0 fully saturated rings. The molecule has 100 valence electrons. The summed E-state index contributed by atoms with van der Waals surface area (Å²) in [6.45, 7) is 1.07. The lowest BCUT2D eigenvalue weighted by atomic mass is 10.1. The molecule has 0 aliphatic carbocycles. The highest BCUT2D eigenvalue weighted by Gasteiger charge is 2.03. The van der Waals surface area contributed by atoms with Crippen molar-refractivity contribution in [3.8, 4) is 5.75 Å². The summed E-state index contributed by atoms with van der Waals surface area (Å²) in [5.41, 5.74) is 13.7. The second-order valence-electron chi connectivity index (χ2n) is 4.62. The van der Waals surface area contributed by atoms with Gasteiger partial charge in [-0.3, -0.25) is 0 Å². The molecule has 0 saturated carbocycles. The van der Waals surface area contributed by atoms with Crippen LogP contribution in [0, 0.1) is 0 Å². The van der Waals surface area contributed by atoms with E-state index >= 15 is 0 Å². The summed E-state index contributed by atoms with van der Waals surface area (Å²) in [6.07, 6.45) is 0.777. The lowest BCUT2D eigenvalue weighted by Gasteiger charge is -2.11. The SMILES string of the molecule is NCC(N)Cc1cccc(OCc2ccccc2)c1. The normalized spacial score (nSPS) is 12.1. The van der Waals surface area contributed by atoms with Crippen LogP contribution in [0.25, 0.3) is 0 Å². The van der Waals surface area contributed by atoms with Gasteiger partial charge < -0.3 is 16.2 Å². The van der Waals surface area contributed by atoms with Gasteiger partial charge in [0.25, 0.3) is 0 Å². The fourth-order valence-electron chi connectivity index (χ4n) is 1.89. The van der Waals surface area contributed by atoms with E-state index in [4.69, 9.17) is 16.2 Å². The van der Waals surface area contributed by atoms with Crippen LogP contribution in [0.5, 0.6) is 5.75 Å². The summed E-state index contributed by atoms with van der Waals surface area (Å²) in [6, 6.07) is 18.1. The summed E-state index contributed by atoms with van der Waals surface area (Å²) >= 11 is 0. The smallest absolute Gasteiger partial charge is 0.120 e.